The first-order valence-corrected chi connectivity index (χ1v) is 6.72. The number of hydrogen-bond acceptors (Lipinski definition) is 3. The molecule has 96 valence electrons. The molecule has 4 heteroatoms. The third-order valence-corrected chi connectivity index (χ3v) is 3.83. The first-order chi connectivity index (χ1) is 8.72. The molecule has 0 saturated carbocycles. The largest absolute Gasteiger partial charge is 0.392 e. The van der Waals surface area contributed by atoms with Crippen LogP contribution in [0, 0.1) is 5.82 Å². The number of nitrogens with zero attached hydrogens (tertiary/aromatic N) is 1. The van der Waals surface area contributed by atoms with E-state index in [9.17, 15) is 9.50 Å². The number of aliphatic hydroxyl groups is 1. The Labute approximate surface area is 110 Å². The molecule has 0 unspecified atom stereocenters. The van der Waals surface area contributed by atoms with Crippen molar-refractivity contribution in [2.75, 3.05) is 18.5 Å². The Kier molecular flexibility index (Phi) is 4.33. The molecule has 2 nitrogen and oxygen atoms in total. The van der Waals surface area contributed by atoms with Gasteiger partial charge in [-0.2, -0.15) is 0 Å². The molecular weight excluding hydrogens is 249 g/mol. The summed E-state index contributed by atoms with van der Waals surface area (Å²) in [6.45, 7) is 0.588. The number of likely N-dealkylation sites (N-methyl/N-ethyl adjacent to an activating group) is 1. The van der Waals surface area contributed by atoms with Crippen LogP contribution in [0.3, 0.4) is 0 Å². The Hall–Kier alpha value is -1.39. The van der Waals surface area contributed by atoms with Gasteiger partial charge in [0.1, 0.15) is 5.82 Å². The van der Waals surface area contributed by atoms with E-state index in [1.165, 1.54) is 10.9 Å². The van der Waals surface area contributed by atoms with Crippen molar-refractivity contribution in [3.63, 3.8) is 0 Å². The zero-order chi connectivity index (χ0) is 13.0. The standard InChI is InChI=1S/C14H16FNOS/c1-16(8-7-12-5-3-9-18-12)14-11(10-17)4-2-6-13(14)15/h2-6,9,17H,7-8,10H2,1H3. The predicted octanol–water partition coefficient (Wildman–Crippen LogP) is 3.06. The highest BCUT2D eigenvalue weighted by Crippen LogP contribution is 2.24. The summed E-state index contributed by atoms with van der Waals surface area (Å²) in [6, 6.07) is 8.89. The van der Waals surface area contributed by atoms with Crippen LogP contribution in [0.2, 0.25) is 0 Å². The van der Waals surface area contributed by atoms with Gasteiger partial charge in [-0.1, -0.05) is 18.2 Å². The molecule has 18 heavy (non-hydrogen) atoms. The minimum Gasteiger partial charge on any atom is -0.392 e. The van der Waals surface area contributed by atoms with Crippen molar-refractivity contribution in [2.24, 2.45) is 0 Å². The summed E-state index contributed by atoms with van der Waals surface area (Å²) in [5, 5.41) is 11.3. The van der Waals surface area contributed by atoms with Crippen LogP contribution >= 0.6 is 11.3 Å². The van der Waals surface area contributed by atoms with E-state index in [0.29, 0.717) is 11.3 Å². The second-order valence-electron chi connectivity index (χ2n) is 4.16. The lowest BCUT2D eigenvalue weighted by Gasteiger charge is -2.22. The fourth-order valence-electron chi connectivity index (χ4n) is 1.96. The minimum absolute atomic E-state index is 0.142. The highest BCUT2D eigenvalue weighted by molar-refractivity contribution is 7.09. The average molecular weight is 265 g/mol. The van der Waals surface area contributed by atoms with Gasteiger partial charge in [-0.15, -0.1) is 11.3 Å². The number of hydrogen-bond donors (Lipinski definition) is 1. The van der Waals surface area contributed by atoms with Gasteiger partial charge >= 0.3 is 0 Å². The van der Waals surface area contributed by atoms with Gasteiger partial charge in [0.2, 0.25) is 0 Å². The molecule has 1 N–H and O–H groups in total. The Bertz CT molecular complexity index is 499. The summed E-state index contributed by atoms with van der Waals surface area (Å²) in [7, 11) is 1.85. The van der Waals surface area contributed by atoms with E-state index >= 15 is 0 Å². The van der Waals surface area contributed by atoms with Crippen LogP contribution in [-0.2, 0) is 13.0 Å². The SMILES string of the molecule is CN(CCc1cccs1)c1c(F)cccc1CO. The Balaban J connectivity index is 2.10. The van der Waals surface area contributed by atoms with E-state index in [-0.39, 0.29) is 12.4 Å². The fraction of sp³-hybridized carbons (Fsp3) is 0.286. The van der Waals surface area contributed by atoms with Gasteiger partial charge in [-0.05, 0) is 23.9 Å². The average Bonchev–Trinajstić information content (AvgIpc) is 2.88. The number of aliphatic hydroxyl groups excluding tert-OH is 1. The molecule has 2 rings (SSSR count). The number of benzene rings is 1. The van der Waals surface area contributed by atoms with Crippen LogP contribution in [-0.4, -0.2) is 18.7 Å². The molecule has 2 aromatic rings. The van der Waals surface area contributed by atoms with Crippen LogP contribution in [0.1, 0.15) is 10.4 Å². The highest BCUT2D eigenvalue weighted by Gasteiger charge is 2.12. The van der Waals surface area contributed by atoms with E-state index in [1.54, 1.807) is 23.5 Å². The second kappa shape index (κ2) is 5.98. The molecule has 0 radical (unpaired) electrons. The molecule has 0 bridgehead atoms. The van der Waals surface area contributed by atoms with Crippen LogP contribution in [0.25, 0.3) is 0 Å². The van der Waals surface area contributed by atoms with Gasteiger partial charge in [-0.3, -0.25) is 0 Å². The lowest BCUT2D eigenvalue weighted by Crippen LogP contribution is -2.22. The number of rotatable bonds is 5. The Morgan fingerprint density at radius 3 is 2.78 bits per heavy atom. The maximum Gasteiger partial charge on any atom is 0.146 e. The third kappa shape index (κ3) is 2.89. The molecule has 0 aliphatic carbocycles. The van der Waals surface area contributed by atoms with Crippen molar-refractivity contribution < 1.29 is 9.50 Å². The van der Waals surface area contributed by atoms with Crippen molar-refractivity contribution in [2.45, 2.75) is 13.0 Å². The summed E-state index contributed by atoms with van der Waals surface area (Å²) in [5.74, 6) is -0.282. The van der Waals surface area contributed by atoms with Gasteiger partial charge in [0.15, 0.2) is 0 Å². The van der Waals surface area contributed by atoms with Crippen molar-refractivity contribution in [3.05, 3.63) is 52.0 Å². The molecule has 0 atom stereocenters. The van der Waals surface area contributed by atoms with E-state index in [1.807, 2.05) is 23.4 Å². The van der Waals surface area contributed by atoms with E-state index < -0.39 is 0 Å². The minimum atomic E-state index is -0.282. The summed E-state index contributed by atoms with van der Waals surface area (Å²) >= 11 is 1.70. The topological polar surface area (TPSA) is 23.5 Å². The number of anilines is 1. The van der Waals surface area contributed by atoms with Crippen molar-refractivity contribution in [3.8, 4) is 0 Å². The maximum atomic E-state index is 13.8. The van der Waals surface area contributed by atoms with Gasteiger partial charge in [0, 0.05) is 24.0 Å². The Morgan fingerprint density at radius 1 is 1.28 bits per heavy atom. The first-order valence-electron chi connectivity index (χ1n) is 5.84. The van der Waals surface area contributed by atoms with Crippen molar-refractivity contribution in [1.82, 2.24) is 0 Å². The molecule has 0 spiro atoms. The molecule has 0 saturated heterocycles. The van der Waals surface area contributed by atoms with Gasteiger partial charge in [-0.25, -0.2) is 4.39 Å². The summed E-state index contributed by atoms with van der Waals surface area (Å²) < 4.78 is 13.8. The summed E-state index contributed by atoms with van der Waals surface area (Å²) in [4.78, 5) is 3.14. The highest BCUT2D eigenvalue weighted by atomic mass is 32.1. The van der Waals surface area contributed by atoms with E-state index in [4.69, 9.17) is 0 Å². The monoisotopic (exact) mass is 265 g/mol. The number of halogens is 1. The first kappa shape index (κ1) is 13.1. The zero-order valence-electron chi connectivity index (χ0n) is 10.3. The molecule has 1 aromatic carbocycles. The quantitative estimate of drug-likeness (QED) is 0.898. The maximum absolute atomic E-state index is 13.8. The smallest absolute Gasteiger partial charge is 0.146 e. The summed E-state index contributed by atoms with van der Waals surface area (Å²) in [5.41, 5.74) is 1.13. The number of thiophene rings is 1. The molecule has 1 heterocycles. The lowest BCUT2D eigenvalue weighted by atomic mass is 10.1. The third-order valence-electron chi connectivity index (χ3n) is 2.90. The molecule has 0 amide bonds. The van der Waals surface area contributed by atoms with Gasteiger partial charge in [0.05, 0.1) is 12.3 Å². The van der Waals surface area contributed by atoms with E-state index in [0.717, 1.165) is 13.0 Å². The van der Waals surface area contributed by atoms with E-state index in [2.05, 4.69) is 6.07 Å². The van der Waals surface area contributed by atoms with Crippen LogP contribution < -0.4 is 4.90 Å². The normalized spacial score (nSPS) is 10.6. The summed E-state index contributed by atoms with van der Waals surface area (Å²) in [6.07, 6.45) is 0.882. The van der Waals surface area contributed by atoms with Crippen molar-refractivity contribution >= 4 is 17.0 Å². The lowest BCUT2D eigenvalue weighted by molar-refractivity contribution is 0.281. The van der Waals surface area contributed by atoms with Crippen LogP contribution in [0.15, 0.2) is 35.7 Å². The van der Waals surface area contributed by atoms with Gasteiger partial charge in [0.25, 0.3) is 0 Å². The van der Waals surface area contributed by atoms with Crippen molar-refractivity contribution in [1.29, 1.82) is 0 Å². The molecule has 0 aliphatic heterocycles. The molecule has 1 aromatic heterocycles. The molecule has 0 fully saturated rings. The second-order valence-corrected chi connectivity index (χ2v) is 5.19. The Morgan fingerprint density at radius 2 is 2.11 bits per heavy atom. The zero-order valence-corrected chi connectivity index (χ0v) is 11.1. The van der Waals surface area contributed by atoms with Crippen LogP contribution in [0.4, 0.5) is 10.1 Å². The molecule has 0 aliphatic rings. The fourth-order valence-corrected chi connectivity index (χ4v) is 2.66. The predicted molar refractivity (Wildman–Crippen MR) is 73.6 cm³/mol. The molecular formula is C14H16FNOS. The van der Waals surface area contributed by atoms with Crippen LogP contribution in [0.5, 0.6) is 0 Å². The van der Waals surface area contributed by atoms with Gasteiger partial charge < -0.3 is 10.0 Å². The number of para-hydroxylation sites is 1.